The molecule has 15 heavy (non-hydrogen) atoms. The van der Waals surface area contributed by atoms with Gasteiger partial charge in [0.25, 0.3) is 0 Å². The van der Waals surface area contributed by atoms with Crippen LogP contribution in [0.1, 0.15) is 40.0 Å². The number of fused-ring (bicyclic) bond motifs is 3. The van der Waals surface area contributed by atoms with E-state index in [-0.39, 0.29) is 11.0 Å². The molecule has 2 saturated heterocycles. The predicted molar refractivity (Wildman–Crippen MR) is 59.2 cm³/mol. The first-order valence-corrected chi connectivity index (χ1v) is 6.03. The molecule has 3 rings (SSSR count). The van der Waals surface area contributed by atoms with Crippen molar-refractivity contribution in [3.05, 3.63) is 11.9 Å². The maximum atomic E-state index is 12.7. The van der Waals surface area contributed by atoms with Crippen molar-refractivity contribution in [1.82, 2.24) is 4.90 Å². The molecule has 0 radical (unpaired) electrons. The summed E-state index contributed by atoms with van der Waals surface area (Å²) in [5.41, 5.74) is 1.54. The average Bonchev–Trinajstić information content (AvgIpc) is 2.67. The molecule has 3 atom stereocenters. The summed E-state index contributed by atoms with van der Waals surface area (Å²) in [6.07, 6.45) is 4.46. The molecule has 0 aromatic rings. The number of rotatable bonds is 0. The second-order valence-electron chi connectivity index (χ2n) is 6.62. The number of hydrogen-bond donors (Lipinski definition) is 0. The van der Waals surface area contributed by atoms with E-state index in [1.807, 2.05) is 0 Å². The summed E-state index contributed by atoms with van der Waals surface area (Å²) in [5, 5.41) is 0. The zero-order chi connectivity index (χ0) is 10.8. The number of nitrogens with zero attached hydrogens (tertiary/aromatic N) is 1. The van der Waals surface area contributed by atoms with Crippen LogP contribution in [0.2, 0.25) is 0 Å². The maximum Gasteiger partial charge on any atom is 0.0872 e. The van der Waals surface area contributed by atoms with Crippen molar-refractivity contribution in [3.8, 4) is 0 Å². The lowest BCUT2D eigenvalue weighted by Gasteiger charge is -2.45. The van der Waals surface area contributed by atoms with Crippen LogP contribution in [-0.4, -0.2) is 23.0 Å². The van der Waals surface area contributed by atoms with Crippen LogP contribution < -0.4 is 0 Å². The summed E-state index contributed by atoms with van der Waals surface area (Å²) in [4.78, 5) is 2.60. The zero-order valence-corrected chi connectivity index (χ0v) is 9.89. The Bertz CT molecular complexity index is 328. The molecule has 0 aromatic carbocycles. The van der Waals surface area contributed by atoms with Crippen molar-refractivity contribution >= 4 is 0 Å². The van der Waals surface area contributed by atoms with E-state index >= 15 is 0 Å². The van der Waals surface area contributed by atoms with Crippen molar-refractivity contribution in [2.24, 2.45) is 11.3 Å². The van der Waals surface area contributed by atoms with Crippen molar-refractivity contribution in [2.45, 2.75) is 51.6 Å². The van der Waals surface area contributed by atoms with E-state index in [2.05, 4.69) is 25.7 Å². The third kappa shape index (κ3) is 1.12. The normalized spacial score (nSPS) is 47.1. The van der Waals surface area contributed by atoms with Gasteiger partial charge in [-0.2, -0.15) is 0 Å². The molecular formula is C13H20FN. The lowest BCUT2D eigenvalue weighted by atomic mass is 9.70. The Balaban J connectivity index is 1.99. The van der Waals surface area contributed by atoms with Gasteiger partial charge in [0.15, 0.2) is 0 Å². The average molecular weight is 209 g/mol. The van der Waals surface area contributed by atoms with Gasteiger partial charge in [-0.25, -0.2) is 4.39 Å². The minimum absolute atomic E-state index is 0.262. The summed E-state index contributed by atoms with van der Waals surface area (Å²) >= 11 is 0. The molecule has 2 heteroatoms. The standard InChI is InChI=1S/C13H20FN/c1-12(2,3)13-5-9(7-14)8-15(13)11-4-10(11)6-13/h7,10-11H,4-6,8H2,1-3H3/b9-7-. The highest BCUT2D eigenvalue weighted by Gasteiger charge is 2.65. The summed E-state index contributed by atoms with van der Waals surface area (Å²) < 4.78 is 12.7. The summed E-state index contributed by atoms with van der Waals surface area (Å²) in [6.45, 7) is 7.82. The van der Waals surface area contributed by atoms with Crippen molar-refractivity contribution in [2.75, 3.05) is 6.54 Å². The molecule has 0 bridgehead atoms. The lowest BCUT2D eigenvalue weighted by molar-refractivity contribution is 0.0426. The first-order chi connectivity index (χ1) is 6.98. The molecule has 3 aliphatic rings. The molecule has 84 valence electrons. The van der Waals surface area contributed by atoms with Crippen LogP contribution in [0.3, 0.4) is 0 Å². The predicted octanol–water partition coefficient (Wildman–Crippen LogP) is 3.12. The van der Waals surface area contributed by atoms with Crippen LogP contribution in [0.15, 0.2) is 11.9 Å². The molecule has 3 unspecified atom stereocenters. The Morgan fingerprint density at radius 1 is 1.47 bits per heavy atom. The molecule has 1 aliphatic carbocycles. The fourth-order valence-corrected chi connectivity index (χ4v) is 3.87. The Morgan fingerprint density at radius 2 is 2.20 bits per heavy atom. The highest BCUT2D eigenvalue weighted by molar-refractivity contribution is 5.28. The largest absolute Gasteiger partial charge is 0.290 e. The molecule has 2 heterocycles. The van der Waals surface area contributed by atoms with Gasteiger partial charge < -0.3 is 0 Å². The van der Waals surface area contributed by atoms with Crippen LogP contribution in [-0.2, 0) is 0 Å². The van der Waals surface area contributed by atoms with Gasteiger partial charge in [-0.3, -0.25) is 4.90 Å². The maximum absolute atomic E-state index is 12.7. The molecule has 3 fully saturated rings. The van der Waals surface area contributed by atoms with Gasteiger partial charge in [0.05, 0.1) is 6.33 Å². The Morgan fingerprint density at radius 3 is 2.73 bits per heavy atom. The monoisotopic (exact) mass is 209 g/mol. The molecule has 0 amide bonds. The van der Waals surface area contributed by atoms with Crippen LogP contribution in [0.4, 0.5) is 4.39 Å². The molecule has 1 saturated carbocycles. The second-order valence-corrected chi connectivity index (χ2v) is 6.62. The van der Waals surface area contributed by atoms with Gasteiger partial charge in [-0.15, -0.1) is 0 Å². The number of halogens is 1. The Kier molecular flexibility index (Phi) is 1.74. The third-order valence-corrected chi connectivity index (χ3v) is 4.88. The van der Waals surface area contributed by atoms with Crippen LogP contribution >= 0.6 is 0 Å². The van der Waals surface area contributed by atoms with Gasteiger partial charge in [-0.05, 0) is 36.2 Å². The Hall–Kier alpha value is -0.370. The zero-order valence-electron chi connectivity index (χ0n) is 9.89. The molecule has 0 aromatic heterocycles. The third-order valence-electron chi connectivity index (χ3n) is 4.88. The van der Waals surface area contributed by atoms with E-state index in [1.165, 1.54) is 12.8 Å². The van der Waals surface area contributed by atoms with Crippen molar-refractivity contribution in [1.29, 1.82) is 0 Å². The van der Waals surface area contributed by atoms with Gasteiger partial charge in [0, 0.05) is 18.1 Å². The number of hydrogen-bond acceptors (Lipinski definition) is 1. The van der Waals surface area contributed by atoms with Gasteiger partial charge >= 0.3 is 0 Å². The van der Waals surface area contributed by atoms with Crippen molar-refractivity contribution in [3.63, 3.8) is 0 Å². The van der Waals surface area contributed by atoms with Gasteiger partial charge in [-0.1, -0.05) is 20.8 Å². The minimum atomic E-state index is 0.262. The quantitative estimate of drug-likeness (QED) is 0.592. The van der Waals surface area contributed by atoms with E-state index in [0.717, 1.165) is 36.8 Å². The molecule has 0 spiro atoms. The molecule has 2 aliphatic heterocycles. The second kappa shape index (κ2) is 2.65. The first-order valence-electron chi connectivity index (χ1n) is 6.03. The molecule has 1 nitrogen and oxygen atoms in total. The van der Waals surface area contributed by atoms with Crippen molar-refractivity contribution < 1.29 is 4.39 Å². The smallest absolute Gasteiger partial charge is 0.0872 e. The van der Waals surface area contributed by atoms with Crippen LogP contribution in [0.5, 0.6) is 0 Å². The van der Waals surface area contributed by atoms with Gasteiger partial charge in [0.1, 0.15) is 0 Å². The van der Waals surface area contributed by atoms with E-state index < -0.39 is 0 Å². The van der Waals surface area contributed by atoms with E-state index in [4.69, 9.17) is 0 Å². The minimum Gasteiger partial charge on any atom is -0.290 e. The summed E-state index contributed by atoms with van der Waals surface area (Å²) in [5.74, 6) is 0.922. The topological polar surface area (TPSA) is 3.24 Å². The SMILES string of the molecule is CC(C)(C)C12C/C(=C/F)CN1C1CC1C2. The van der Waals surface area contributed by atoms with E-state index in [0.29, 0.717) is 0 Å². The highest BCUT2D eigenvalue weighted by atomic mass is 19.1. The lowest BCUT2D eigenvalue weighted by Crippen LogP contribution is -2.51. The van der Waals surface area contributed by atoms with Crippen LogP contribution in [0.25, 0.3) is 0 Å². The van der Waals surface area contributed by atoms with Crippen LogP contribution in [0, 0.1) is 11.3 Å². The fourth-order valence-electron chi connectivity index (χ4n) is 3.87. The highest BCUT2D eigenvalue weighted by Crippen LogP contribution is 2.63. The Labute approximate surface area is 91.3 Å². The molecular weight excluding hydrogens is 189 g/mol. The van der Waals surface area contributed by atoms with Gasteiger partial charge in [0.2, 0.25) is 0 Å². The summed E-state index contributed by atoms with van der Waals surface area (Å²) in [6, 6.07) is 0.779. The van der Waals surface area contributed by atoms with E-state index in [9.17, 15) is 4.39 Å². The number of piperidine rings is 1. The van der Waals surface area contributed by atoms with E-state index in [1.54, 1.807) is 0 Å². The fraction of sp³-hybridized carbons (Fsp3) is 0.846. The summed E-state index contributed by atoms with van der Waals surface area (Å²) in [7, 11) is 0. The molecule has 0 N–H and O–H groups in total. The first kappa shape index (κ1) is 9.83.